The molecule has 1 heterocycles. The molecule has 0 spiro atoms. The number of imide groups is 1. The van der Waals surface area contributed by atoms with E-state index in [0.717, 1.165) is 23.5 Å². The van der Waals surface area contributed by atoms with Gasteiger partial charge >= 0.3 is 0 Å². The lowest BCUT2D eigenvalue weighted by atomic mass is 9.91. The van der Waals surface area contributed by atoms with Crippen molar-refractivity contribution in [3.8, 4) is 0 Å². The molecule has 0 fully saturated rings. The zero-order valence-corrected chi connectivity index (χ0v) is 25.1. The van der Waals surface area contributed by atoms with E-state index in [0.29, 0.717) is 43.0 Å². The number of unbranched alkanes of at least 4 members (excludes halogenated alkanes) is 2. The van der Waals surface area contributed by atoms with E-state index in [1.807, 2.05) is 10.8 Å². The summed E-state index contributed by atoms with van der Waals surface area (Å²) < 4.78 is 0. The Kier molecular flexibility index (Phi) is 16.5. The van der Waals surface area contributed by atoms with Gasteiger partial charge in [0.25, 0.3) is 11.8 Å². The summed E-state index contributed by atoms with van der Waals surface area (Å²) in [6, 6.07) is 0. The molecule has 0 saturated carbocycles. The molecule has 11 nitrogen and oxygen atoms in total. The number of carbonyl (C=O) groups is 6. The largest absolute Gasteiger partial charge is 0.355 e. The van der Waals surface area contributed by atoms with Crippen molar-refractivity contribution in [1.29, 1.82) is 0 Å². The van der Waals surface area contributed by atoms with E-state index in [1.165, 1.54) is 12.2 Å². The van der Waals surface area contributed by atoms with Gasteiger partial charge in [0.1, 0.15) is 0 Å². The quantitative estimate of drug-likeness (QED) is 0.101. The highest BCUT2D eigenvalue weighted by atomic mass is 33.1. The minimum absolute atomic E-state index is 0.174. The zero-order valence-electron chi connectivity index (χ0n) is 23.4. The average Bonchev–Trinajstić information content (AvgIpc) is 3.17. The standard InChI is InChI=1S/C26H43N5O6S2/c1-19(15-26(2,3)4)39-38-14-8-12-27-21(33)16-29-23(35)18-30-22(34)17-28-20(32)9-6-5-7-13-31-24(36)10-11-25(31)37/h10-11,19H,5-9,12-18H2,1-4H3,(H,27,33)(H,28,32)(H,29,35)(H,30,34). The van der Waals surface area contributed by atoms with Gasteiger partial charge in [0, 0.05) is 42.7 Å². The SMILES string of the molecule is CC(CC(C)(C)C)SSCCCNC(=O)CNC(=O)CNC(=O)CNC(=O)CCCCCN1C(=O)C=CC1=O. The van der Waals surface area contributed by atoms with Crippen molar-refractivity contribution in [2.45, 2.75) is 71.5 Å². The highest BCUT2D eigenvalue weighted by Crippen LogP contribution is 2.34. The van der Waals surface area contributed by atoms with Gasteiger partial charge in [0.05, 0.1) is 19.6 Å². The van der Waals surface area contributed by atoms with Crippen molar-refractivity contribution in [2.75, 3.05) is 38.5 Å². The molecule has 39 heavy (non-hydrogen) atoms. The summed E-state index contributed by atoms with van der Waals surface area (Å²) >= 11 is 0. The number of hydrogen-bond donors (Lipinski definition) is 4. The maximum absolute atomic E-state index is 11.9. The molecule has 0 radical (unpaired) electrons. The van der Waals surface area contributed by atoms with Crippen LogP contribution in [-0.2, 0) is 28.8 Å². The van der Waals surface area contributed by atoms with Crippen LogP contribution in [0.15, 0.2) is 12.2 Å². The molecule has 0 aromatic heterocycles. The van der Waals surface area contributed by atoms with Crippen LogP contribution in [0.4, 0.5) is 0 Å². The molecule has 1 rings (SSSR count). The summed E-state index contributed by atoms with van der Waals surface area (Å²) in [5.74, 6) is -1.35. The highest BCUT2D eigenvalue weighted by Gasteiger charge is 2.22. The molecule has 220 valence electrons. The maximum atomic E-state index is 11.9. The van der Waals surface area contributed by atoms with Crippen LogP contribution in [0.1, 0.15) is 66.2 Å². The minimum atomic E-state index is -0.520. The first-order valence-corrected chi connectivity index (χ1v) is 15.6. The number of rotatable bonds is 19. The van der Waals surface area contributed by atoms with Crippen molar-refractivity contribution >= 4 is 57.0 Å². The van der Waals surface area contributed by atoms with Crippen LogP contribution in [0.5, 0.6) is 0 Å². The second kappa shape index (κ2) is 18.7. The first-order chi connectivity index (χ1) is 18.4. The van der Waals surface area contributed by atoms with E-state index in [2.05, 4.69) is 49.0 Å². The van der Waals surface area contributed by atoms with Crippen LogP contribution in [-0.4, -0.2) is 84.1 Å². The van der Waals surface area contributed by atoms with Crippen LogP contribution in [0.25, 0.3) is 0 Å². The van der Waals surface area contributed by atoms with E-state index in [4.69, 9.17) is 0 Å². The molecule has 13 heteroatoms. The molecule has 6 amide bonds. The fraction of sp³-hybridized carbons (Fsp3) is 0.692. The third-order valence-electron chi connectivity index (χ3n) is 5.38. The lowest BCUT2D eigenvalue weighted by Crippen LogP contribution is -2.44. The van der Waals surface area contributed by atoms with Gasteiger partial charge in [0.2, 0.25) is 23.6 Å². The van der Waals surface area contributed by atoms with Crippen molar-refractivity contribution in [2.24, 2.45) is 5.41 Å². The van der Waals surface area contributed by atoms with Gasteiger partial charge in [-0.3, -0.25) is 33.7 Å². The fourth-order valence-electron chi connectivity index (χ4n) is 3.62. The third kappa shape index (κ3) is 17.6. The highest BCUT2D eigenvalue weighted by molar-refractivity contribution is 8.76. The molecular formula is C26H43N5O6S2. The topological polar surface area (TPSA) is 154 Å². The second-order valence-corrected chi connectivity index (χ2v) is 13.4. The first-order valence-electron chi connectivity index (χ1n) is 13.3. The molecule has 1 unspecified atom stereocenters. The van der Waals surface area contributed by atoms with Gasteiger partial charge in [-0.2, -0.15) is 0 Å². The van der Waals surface area contributed by atoms with Gasteiger partial charge in [-0.15, -0.1) is 0 Å². The van der Waals surface area contributed by atoms with Gasteiger partial charge in [-0.25, -0.2) is 0 Å². The number of carbonyl (C=O) groups excluding carboxylic acids is 6. The Morgan fingerprint density at radius 3 is 1.90 bits per heavy atom. The van der Waals surface area contributed by atoms with Gasteiger partial charge < -0.3 is 21.3 Å². The molecule has 0 saturated heterocycles. The Morgan fingerprint density at radius 1 is 0.795 bits per heavy atom. The summed E-state index contributed by atoms with van der Waals surface area (Å²) in [5, 5.41) is 10.6. The Labute approximate surface area is 239 Å². The molecule has 0 aromatic carbocycles. The maximum Gasteiger partial charge on any atom is 0.253 e. The van der Waals surface area contributed by atoms with Crippen LogP contribution in [0.3, 0.4) is 0 Å². The summed E-state index contributed by atoms with van der Waals surface area (Å²) in [7, 11) is 3.67. The minimum Gasteiger partial charge on any atom is -0.355 e. The summed E-state index contributed by atoms with van der Waals surface area (Å²) in [4.78, 5) is 71.5. The second-order valence-electron chi connectivity index (χ2n) is 10.5. The van der Waals surface area contributed by atoms with Crippen LogP contribution in [0.2, 0.25) is 0 Å². The molecular weight excluding hydrogens is 542 g/mol. The Morgan fingerprint density at radius 2 is 1.33 bits per heavy atom. The number of hydrogen-bond acceptors (Lipinski definition) is 8. The molecule has 0 aromatic rings. The Hall–Kier alpha value is -2.54. The van der Waals surface area contributed by atoms with Gasteiger partial charge in [-0.1, -0.05) is 55.7 Å². The summed E-state index contributed by atoms with van der Waals surface area (Å²) in [6.07, 6.45) is 6.45. The van der Waals surface area contributed by atoms with E-state index in [9.17, 15) is 28.8 Å². The fourth-order valence-corrected chi connectivity index (χ4v) is 6.32. The monoisotopic (exact) mass is 585 g/mol. The molecule has 0 aliphatic carbocycles. The van der Waals surface area contributed by atoms with E-state index < -0.39 is 11.8 Å². The third-order valence-corrected chi connectivity index (χ3v) is 8.36. The average molecular weight is 586 g/mol. The lowest BCUT2D eigenvalue weighted by molar-refractivity contribution is -0.137. The first kappa shape index (κ1) is 34.5. The van der Waals surface area contributed by atoms with Crippen molar-refractivity contribution in [3.05, 3.63) is 12.2 Å². The Balaban J connectivity index is 1.99. The van der Waals surface area contributed by atoms with E-state index in [1.54, 1.807) is 10.8 Å². The van der Waals surface area contributed by atoms with Crippen molar-refractivity contribution in [1.82, 2.24) is 26.2 Å². The molecule has 4 N–H and O–H groups in total. The number of amides is 6. The smallest absolute Gasteiger partial charge is 0.253 e. The number of nitrogens with one attached hydrogen (secondary N) is 4. The normalized spacial score (nSPS) is 13.8. The summed E-state index contributed by atoms with van der Waals surface area (Å²) in [6.45, 7) is 9.02. The number of nitrogens with zero attached hydrogens (tertiary/aromatic N) is 1. The van der Waals surface area contributed by atoms with Crippen molar-refractivity contribution < 1.29 is 28.8 Å². The van der Waals surface area contributed by atoms with E-state index in [-0.39, 0.29) is 49.7 Å². The lowest BCUT2D eigenvalue weighted by Gasteiger charge is -2.22. The Bertz CT molecular complexity index is 873. The van der Waals surface area contributed by atoms with Gasteiger partial charge in [0.15, 0.2) is 0 Å². The molecule has 1 aliphatic rings. The predicted molar refractivity (Wildman–Crippen MR) is 155 cm³/mol. The van der Waals surface area contributed by atoms with Gasteiger partial charge in [-0.05, 0) is 31.1 Å². The van der Waals surface area contributed by atoms with E-state index >= 15 is 0 Å². The van der Waals surface area contributed by atoms with Crippen LogP contribution < -0.4 is 21.3 Å². The van der Waals surface area contributed by atoms with Crippen molar-refractivity contribution in [3.63, 3.8) is 0 Å². The van der Waals surface area contributed by atoms with Crippen LogP contribution >= 0.6 is 21.6 Å². The molecule has 1 aliphatic heterocycles. The van der Waals surface area contributed by atoms with Crippen LogP contribution in [0, 0.1) is 5.41 Å². The summed E-state index contributed by atoms with van der Waals surface area (Å²) in [5.41, 5.74) is 0.312. The molecule has 0 bridgehead atoms. The predicted octanol–water partition coefficient (Wildman–Crippen LogP) is 1.53. The molecule has 1 atom stereocenters. The zero-order chi connectivity index (χ0) is 29.3.